The Kier molecular flexibility index (Phi) is 5.46. The molecule has 0 bridgehead atoms. The molecule has 8 heteroatoms. The fourth-order valence-electron chi connectivity index (χ4n) is 3.34. The van der Waals surface area contributed by atoms with Crippen LogP contribution in [-0.4, -0.2) is 51.8 Å². The molecule has 1 amide bonds. The highest BCUT2D eigenvalue weighted by Gasteiger charge is 2.34. The molecule has 1 fully saturated rings. The molecule has 0 N–H and O–H groups in total. The van der Waals surface area contributed by atoms with Gasteiger partial charge in [0.2, 0.25) is 5.91 Å². The van der Waals surface area contributed by atoms with E-state index in [0.717, 1.165) is 12.8 Å². The van der Waals surface area contributed by atoms with Crippen LogP contribution in [0.15, 0.2) is 16.1 Å². The smallest absolute Gasteiger partial charge is 0.310 e. The maximum Gasteiger partial charge on any atom is 0.310 e. The second-order valence-electron chi connectivity index (χ2n) is 6.52. The number of likely N-dealkylation sites (tertiary alicyclic amines) is 1. The topological polar surface area (TPSA) is 81.5 Å². The number of nitrogens with zero attached hydrogens (tertiary/aromatic N) is 3. The zero-order valence-corrected chi connectivity index (χ0v) is 15.4. The summed E-state index contributed by atoms with van der Waals surface area (Å²) >= 11 is 1.44. The summed E-state index contributed by atoms with van der Waals surface area (Å²) in [7, 11) is 0. The Hall–Kier alpha value is -1.83. The van der Waals surface area contributed by atoms with Crippen molar-refractivity contribution in [3.63, 3.8) is 0 Å². The van der Waals surface area contributed by atoms with Crippen molar-refractivity contribution >= 4 is 23.6 Å². The van der Waals surface area contributed by atoms with Crippen LogP contribution in [-0.2, 0) is 20.9 Å². The lowest BCUT2D eigenvalue weighted by molar-refractivity contribution is -0.151. The number of piperidine rings is 1. The van der Waals surface area contributed by atoms with Crippen LogP contribution in [0.4, 0.5) is 0 Å². The molecule has 0 saturated carbocycles. The molecular weight excluding hydrogens is 342 g/mol. The average Bonchev–Trinajstić information content (AvgIpc) is 2.64. The fourth-order valence-corrected chi connectivity index (χ4v) is 4.38. The van der Waals surface area contributed by atoms with Gasteiger partial charge < -0.3 is 9.64 Å². The summed E-state index contributed by atoms with van der Waals surface area (Å²) in [5, 5.41) is 0.669. The lowest BCUT2D eigenvalue weighted by atomic mass is 9.96. The van der Waals surface area contributed by atoms with Gasteiger partial charge in [0.05, 0.1) is 18.4 Å². The van der Waals surface area contributed by atoms with Gasteiger partial charge in [0.25, 0.3) is 5.56 Å². The first-order valence-corrected chi connectivity index (χ1v) is 9.64. The molecule has 25 heavy (non-hydrogen) atoms. The van der Waals surface area contributed by atoms with E-state index in [1.807, 2.05) is 0 Å². The molecule has 0 spiro atoms. The van der Waals surface area contributed by atoms with Gasteiger partial charge >= 0.3 is 5.97 Å². The highest BCUT2D eigenvalue weighted by molar-refractivity contribution is 7.99. The molecule has 0 unspecified atom stereocenters. The maximum absolute atomic E-state index is 12.9. The van der Waals surface area contributed by atoms with E-state index in [9.17, 15) is 14.4 Å². The number of hydrogen-bond donors (Lipinski definition) is 0. The number of aromatic nitrogens is 2. The molecule has 2 aliphatic heterocycles. The summed E-state index contributed by atoms with van der Waals surface area (Å²) in [6.45, 7) is 5.29. The Bertz CT molecular complexity index is 733. The molecule has 7 nitrogen and oxygen atoms in total. The van der Waals surface area contributed by atoms with Crippen molar-refractivity contribution in [2.45, 2.75) is 38.4 Å². The van der Waals surface area contributed by atoms with Crippen molar-refractivity contribution in [1.82, 2.24) is 14.5 Å². The SMILES string of the molecule is CCOC(=O)[C@H]1CCCN(C(=O)[C@@H]2CSc3ncc(C)c(=O)n3C2)C1. The summed E-state index contributed by atoms with van der Waals surface area (Å²) in [5.41, 5.74) is 0.496. The van der Waals surface area contributed by atoms with Crippen LogP contribution in [0.5, 0.6) is 0 Å². The monoisotopic (exact) mass is 365 g/mol. The number of carbonyl (C=O) groups excluding carboxylic acids is 2. The van der Waals surface area contributed by atoms with Crippen molar-refractivity contribution in [1.29, 1.82) is 0 Å². The molecule has 0 aliphatic carbocycles. The van der Waals surface area contributed by atoms with Gasteiger partial charge in [-0.1, -0.05) is 11.8 Å². The molecule has 136 valence electrons. The van der Waals surface area contributed by atoms with E-state index in [2.05, 4.69) is 4.98 Å². The Morgan fingerprint density at radius 1 is 1.36 bits per heavy atom. The third-order valence-electron chi connectivity index (χ3n) is 4.70. The predicted octanol–water partition coefficient (Wildman–Crippen LogP) is 1.08. The first kappa shape index (κ1) is 18.0. The van der Waals surface area contributed by atoms with E-state index in [1.54, 1.807) is 29.5 Å². The minimum atomic E-state index is -0.264. The van der Waals surface area contributed by atoms with Crippen LogP contribution in [0, 0.1) is 18.8 Å². The van der Waals surface area contributed by atoms with E-state index < -0.39 is 0 Å². The zero-order valence-electron chi connectivity index (χ0n) is 14.6. The molecule has 1 aromatic rings. The number of fused-ring (bicyclic) bond motifs is 1. The summed E-state index contributed by atoms with van der Waals surface area (Å²) in [6, 6.07) is 0. The van der Waals surface area contributed by atoms with Gasteiger partial charge in [0.15, 0.2) is 5.16 Å². The van der Waals surface area contributed by atoms with E-state index in [4.69, 9.17) is 4.74 Å². The van der Waals surface area contributed by atoms with Gasteiger partial charge in [0.1, 0.15) is 0 Å². The van der Waals surface area contributed by atoms with Gasteiger partial charge in [0, 0.05) is 37.1 Å². The summed E-state index contributed by atoms with van der Waals surface area (Å²) in [5.74, 6) is -0.109. The number of hydrogen-bond acceptors (Lipinski definition) is 6. The Morgan fingerprint density at radius 2 is 2.16 bits per heavy atom. The number of rotatable bonds is 3. The number of ether oxygens (including phenoxy) is 1. The van der Waals surface area contributed by atoms with Crippen molar-refractivity contribution in [2.24, 2.45) is 11.8 Å². The number of amides is 1. The Labute approximate surface area is 150 Å². The van der Waals surface area contributed by atoms with Crippen molar-refractivity contribution < 1.29 is 14.3 Å². The molecule has 1 saturated heterocycles. The zero-order chi connectivity index (χ0) is 18.0. The lowest BCUT2D eigenvalue weighted by Gasteiger charge is -2.35. The van der Waals surface area contributed by atoms with Crippen molar-refractivity contribution in [3.05, 3.63) is 22.1 Å². The Balaban J connectivity index is 1.70. The summed E-state index contributed by atoms with van der Waals surface area (Å²) in [4.78, 5) is 43.2. The summed E-state index contributed by atoms with van der Waals surface area (Å²) in [6.07, 6.45) is 3.14. The molecule has 2 atom stereocenters. The normalized spacial score (nSPS) is 23.0. The minimum Gasteiger partial charge on any atom is -0.466 e. The minimum absolute atomic E-state index is 0.0144. The van der Waals surface area contributed by atoms with Crippen molar-refractivity contribution in [3.8, 4) is 0 Å². The second-order valence-corrected chi connectivity index (χ2v) is 7.51. The molecule has 3 rings (SSSR count). The third-order valence-corrected chi connectivity index (χ3v) is 5.85. The third kappa shape index (κ3) is 3.73. The van der Waals surface area contributed by atoms with Crippen LogP contribution in [0.25, 0.3) is 0 Å². The van der Waals surface area contributed by atoms with Crippen LogP contribution >= 0.6 is 11.8 Å². The van der Waals surface area contributed by atoms with Gasteiger partial charge in [-0.25, -0.2) is 4.98 Å². The number of aryl methyl sites for hydroxylation is 1. The number of carbonyl (C=O) groups is 2. The van der Waals surface area contributed by atoms with Crippen LogP contribution < -0.4 is 5.56 Å². The van der Waals surface area contributed by atoms with Gasteiger partial charge in [-0.05, 0) is 26.7 Å². The van der Waals surface area contributed by atoms with Crippen LogP contribution in [0.1, 0.15) is 25.3 Å². The highest BCUT2D eigenvalue weighted by atomic mass is 32.2. The van der Waals surface area contributed by atoms with Crippen LogP contribution in [0.2, 0.25) is 0 Å². The van der Waals surface area contributed by atoms with E-state index >= 15 is 0 Å². The lowest BCUT2D eigenvalue weighted by Crippen LogP contribution is -2.48. The molecule has 2 aliphatic rings. The second kappa shape index (κ2) is 7.59. The molecule has 3 heterocycles. The predicted molar refractivity (Wildman–Crippen MR) is 93.4 cm³/mol. The van der Waals surface area contributed by atoms with Gasteiger partial charge in [-0.2, -0.15) is 0 Å². The molecule has 1 aromatic heterocycles. The fraction of sp³-hybridized carbons (Fsp3) is 0.647. The molecule has 0 radical (unpaired) electrons. The Morgan fingerprint density at radius 3 is 2.92 bits per heavy atom. The van der Waals surface area contributed by atoms with E-state index in [0.29, 0.717) is 42.7 Å². The first-order valence-electron chi connectivity index (χ1n) is 8.66. The standard InChI is InChI=1S/C17H23N3O4S/c1-3-24-16(23)12-5-4-6-19(8-12)15(22)13-9-20-14(21)11(2)7-18-17(20)25-10-13/h7,12-13H,3-6,8-10H2,1-2H3/t12-,13-/m0/s1. The number of esters is 1. The van der Waals surface area contributed by atoms with Crippen molar-refractivity contribution in [2.75, 3.05) is 25.4 Å². The summed E-state index contributed by atoms with van der Waals surface area (Å²) < 4.78 is 6.69. The van der Waals surface area contributed by atoms with E-state index in [-0.39, 0.29) is 29.3 Å². The quantitative estimate of drug-likeness (QED) is 0.589. The highest BCUT2D eigenvalue weighted by Crippen LogP contribution is 2.28. The average molecular weight is 365 g/mol. The van der Waals surface area contributed by atoms with Crippen LogP contribution in [0.3, 0.4) is 0 Å². The maximum atomic E-state index is 12.9. The van der Waals surface area contributed by atoms with E-state index in [1.165, 1.54) is 11.8 Å². The first-order chi connectivity index (χ1) is 12.0. The van der Waals surface area contributed by atoms with Gasteiger partial charge in [-0.3, -0.25) is 19.0 Å². The molecular formula is C17H23N3O4S. The largest absolute Gasteiger partial charge is 0.466 e. The number of thioether (sulfide) groups is 1. The molecule has 0 aromatic carbocycles. The van der Waals surface area contributed by atoms with Gasteiger partial charge in [-0.15, -0.1) is 0 Å².